The van der Waals surface area contributed by atoms with E-state index in [1.54, 1.807) is 6.07 Å². The lowest BCUT2D eigenvalue weighted by atomic mass is 10.0. The molecule has 3 aromatic carbocycles. The van der Waals surface area contributed by atoms with E-state index in [1.165, 1.54) is 25.3 Å². The number of methoxy groups -OCH3 is 1. The van der Waals surface area contributed by atoms with Crippen molar-refractivity contribution in [1.82, 2.24) is 0 Å². The maximum absolute atomic E-state index is 14.8. The number of alkyl halides is 2. The third kappa shape index (κ3) is 4.69. The van der Waals surface area contributed by atoms with E-state index in [0.717, 1.165) is 18.2 Å². The van der Waals surface area contributed by atoms with Crippen LogP contribution < -0.4 is 15.4 Å². The van der Waals surface area contributed by atoms with Crippen molar-refractivity contribution in [2.24, 2.45) is 0 Å². The minimum atomic E-state index is -4.36. The number of rotatable bonds is 6. The molecule has 2 amide bonds. The van der Waals surface area contributed by atoms with E-state index >= 15 is 0 Å². The molecular formula is C22H15F5N2O3. The molecule has 0 fully saturated rings. The molecule has 5 nitrogen and oxygen atoms in total. The third-order valence-corrected chi connectivity index (χ3v) is 4.38. The second-order valence-electron chi connectivity index (χ2n) is 6.51. The molecule has 166 valence electrons. The van der Waals surface area contributed by atoms with Crippen LogP contribution in [0.25, 0.3) is 0 Å². The summed E-state index contributed by atoms with van der Waals surface area (Å²) in [6.45, 7) is 0. The fourth-order valence-corrected chi connectivity index (χ4v) is 2.76. The van der Waals surface area contributed by atoms with Crippen LogP contribution in [0.1, 0.15) is 15.9 Å². The summed E-state index contributed by atoms with van der Waals surface area (Å²) in [4.78, 5) is 24.6. The smallest absolute Gasteiger partial charge is 0.352 e. The quantitative estimate of drug-likeness (QED) is 0.514. The van der Waals surface area contributed by atoms with Gasteiger partial charge in [0, 0.05) is 17.3 Å². The van der Waals surface area contributed by atoms with Crippen molar-refractivity contribution >= 4 is 23.2 Å². The SMILES string of the molecule is COc1ccccc1NC(=O)C(F)(F)c1cc(C(=O)Nc2ccc(F)c(F)c2)ccc1F. The first kappa shape index (κ1) is 22.7. The number of para-hydroxylation sites is 2. The Bertz CT molecular complexity index is 1180. The molecule has 3 aromatic rings. The minimum Gasteiger partial charge on any atom is -0.495 e. The zero-order valence-corrected chi connectivity index (χ0v) is 16.4. The Kier molecular flexibility index (Phi) is 6.42. The molecular weight excluding hydrogens is 435 g/mol. The average molecular weight is 450 g/mol. The Morgan fingerprint density at radius 1 is 0.844 bits per heavy atom. The van der Waals surface area contributed by atoms with E-state index in [1.807, 2.05) is 5.32 Å². The number of amides is 2. The van der Waals surface area contributed by atoms with E-state index in [0.29, 0.717) is 18.2 Å². The van der Waals surface area contributed by atoms with Gasteiger partial charge in [0.05, 0.1) is 18.4 Å². The highest BCUT2D eigenvalue weighted by Gasteiger charge is 2.44. The Morgan fingerprint density at radius 2 is 1.53 bits per heavy atom. The van der Waals surface area contributed by atoms with Gasteiger partial charge in [0.1, 0.15) is 11.6 Å². The molecule has 0 saturated heterocycles. The van der Waals surface area contributed by atoms with Crippen LogP contribution in [0.15, 0.2) is 60.7 Å². The van der Waals surface area contributed by atoms with Crippen molar-refractivity contribution < 1.29 is 36.3 Å². The van der Waals surface area contributed by atoms with Gasteiger partial charge in [-0.1, -0.05) is 12.1 Å². The summed E-state index contributed by atoms with van der Waals surface area (Å²) in [5.74, 6) is -10.9. The summed E-state index contributed by atoms with van der Waals surface area (Å²) in [6.07, 6.45) is 0. The maximum Gasteiger partial charge on any atom is 0.352 e. The molecule has 0 aromatic heterocycles. The van der Waals surface area contributed by atoms with Gasteiger partial charge < -0.3 is 15.4 Å². The molecule has 0 heterocycles. The molecule has 0 spiro atoms. The molecule has 0 atom stereocenters. The Hall–Kier alpha value is -3.95. The predicted molar refractivity (Wildman–Crippen MR) is 106 cm³/mol. The fraction of sp³-hybridized carbons (Fsp3) is 0.0909. The van der Waals surface area contributed by atoms with E-state index in [4.69, 9.17) is 4.74 Å². The van der Waals surface area contributed by atoms with Crippen molar-refractivity contribution in [2.75, 3.05) is 17.7 Å². The van der Waals surface area contributed by atoms with Crippen molar-refractivity contribution in [1.29, 1.82) is 0 Å². The molecule has 0 aliphatic heterocycles. The summed E-state index contributed by atoms with van der Waals surface area (Å²) >= 11 is 0. The summed E-state index contributed by atoms with van der Waals surface area (Å²) in [6, 6.07) is 10.3. The molecule has 0 unspecified atom stereocenters. The Balaban J connectivity index is 1.86. The first-order chi connectivity index (χ1) is 15.1. The Labute approximate surface area is 178 Å². The van der Waals surface area contributed by atoms with Crippen LogP contribution in [0.4, 0.5) is 33.3 Å². The first-order valence-corrected chi connectivity index (χ1v) is 9.02. The number of benzene rings is 3. The van der Waals surface area contributed by atoms with Gasteiger partial charge in [-0.05, 0) is 42.5 Å². The number of ether oxygens (including phenoxy) is 1. The van der Waals surface area contributed by atoms with E-state index in [9.17, 15) is 31.5 Å². The van der Waals surface area contributed by atoms with Crippen LogP contribution in [0.5, 0.6) is 5.75 Å². The van der Waals surface area contributed by atoms with Crippen molar-refractivity contribution in [3.05, 3.63) is 89.2 Å². The maximum atomic E-state index is 14.8. The van der Waals surface area contributed by atoms with E-state index in [-0.39, 0.29) is 17.1 Å². The standard InChI is InChI=1S/C22H15F5N2O3/c1-32-19-5-3-2-4-18(19)29-21(31)22(26,27)14-10-12(6-8-15(14)23)20(30)28-13-7-9-16(24)17(25)11-13/h2-11H,1H3,(H,28,30)(H,29,31). The number of halogens is 5. The van der Waals surface area contributed by atoms with E-state index in [2.05, 4.69) is 5.32 Å². The van der Waals surface area contributed by atoms with Crippen LogP contribution in [-0.4, -0.2) is 18.9 Å². The number of carbonyl (C=O) groups is 2. The number of hydrogen-bond donors (Lipinski definition) is 2. The second kappa shape index (κ2) is 9.04. The van der Waals surface area contributed by atoms with Crippen molar-refractivity contribution in [3.8, 4) is 5.75 Å². The fourth-order valence-electron chi connectivity index (χ4n) is 2.76. The molecule has 0 radical (unpaired) electrons. The lowest BCUT2D eigenvalue weighted by Gasteiger charge is -2.19. The van der Waals surface area contributed by atoms with Crippen LogP contribution in [0.3, 0.4) is 0 Å². The number of anilines is 2. The molecule has 0 aliphatic carbocycles. The highest BCUT2D eigenvalue weighted by Crippen LogP contribution is 2.34. The lowest BCUT2D eigenvalue weighted by Crippen LogP contribution is -2.33. The van der Waals surface area contributed by atoms with Crippen molar-refractivity contribution in [3.63, 3.8) is 0 Å². The topological polar surface area (TPSA) is 67.4 Å². The highest BCUT2D eigenvalue weighted by molar-refractivity contribution is 6.05. The Morgan fingerprint density at radius 3 is 2.22 bits per heavy atom. The van der Waals surface area contributed by atoms with Crippen LogP contribution >= 0.6 is 0 Å². The van der Waals surface area contributed by atoms with Crippen LogP contribution in [0.2, 0.25) is 0 Å². The normalized spacial score (nSPS) is 11.1. The molecule has 10 heteroatoms. The highest BCUT2D eigenvalue weighted by atomic mass is 19.3. The first-order valence-electron chi connectivity index (χ1n) is 9.02. The summed E-state index contributed by atoms with van der Waals surface area (Å²) < 4.78 is 75.0. The minimum absolute atomic E-state index is 0.0627. The van der Waals surface area contributed by atoms with Crippen LogP contribution in [0, 0.1) is 17.5 Å². The van der Waals surface area contributed by atoms with Gasteiger partial charge in [0.15, 0.2) is 11.6 Å². The largest absolute Gasteiger partial charge is 0.495 e. The number of carbonyl (C=O) groups excluding carboxylic acids is 2. The molecule has 32 heavy (non-hydrogen) atoms. The molecule has 0 saturated carbocycles. The second-order valence-corrected chi connectivity index (χ2v) is 6.51. The van der Waals surface area contributed by atoms with Crippen molar-refractivity contribution in [2.45, 2.75) is 5.92 Å². The van der Waals surface area contributed by atoms with Crippen LogP contribution in [-0.2, 0) is 10.7 Å². The zero-order valence-electron chi connectivity index (χ0n) is 16.4. The number of hydrogen-bond acceptors (Lipinski definition) is 3. The zero-order chi connectivity index (χ0) is 23.5. The van der Waals surface area contributed by atoms with Gasteiger partial charge in [0.2, 0.25) is 0 Å². The molecule has 3 rings (SSSR count). The van der Waals surface area contributed by atoms with Gasteiger partial charge in [-0.3, -0.25) is 9.59 Å². The lowest BCUT2D eigenvalue weighted by molar-refractivity contribution is -0.141. The molecule has 0 aliphatic rings. The number of nitrogens with one attached hydrogen (secondary N) is 2. The monoisotopic (exact) mass is 450 g/mol. The average Bonchev–Trinajstić information content (AvgIpc) is 2.76. The van der Waals surface area contributed by atoms with Gasteiger partial charge >= 0.3 is 5.92 Å². The van der Waals surface area contributed by atoms with Gasteiger partial charge in [-0.15, -0.1) is 0 Å². The molecule has 0 bridgehead atoms. The summed E-state index contributed by atoms with van der Waals surface area (Å²) in [7, 11) is 1.28. The predicted octanol–water partition coefficient (Wildman–Crippen LogP) is 5.10. The van der Waals surface area contributed by atoms with Gasteiger partial charge in [0.25, 0.3) is 11.8 Å². The molecule has 2 N–H and O–H groups in total. The third-order valence-electron chi connectivity index (χ3n) is 4.38. The van der Waals surface area contributed by atoms with Gasteiger partial charge in [-0.2, -0.15) is 8.78 Å². The summed E-state index contributed by atoms with van der Waals surface area (Å²) in [5, 5.41) is 4.15. The van der Waals surface area contributed by atoms with E-state index < -0.39 is 46.3 Å². The summed E-state index contributed by atoms with van der Waals surface area (Å²) in [5.41, 5.74) is -1.99. The van der Waals surface area contributed by atoms with Gasteiger partial charge in [-0.25, -0.2) is 13.2 Å².